The first-order chi connectivity index (χ1) is 11.3. The van der Waals surface area contributed by atoms with Crippen molar-refractivity contribution in [2.75, 3.05) is 0 Å². The van der Waals surface area contributed by atoms with Gasteiger partial charge in [0.1, 0.15) is 0 Å². The first-order valence-electron chi connectivity index (χ1n) is 9.19. The predicted octanol–water partition coefficient (Wildman–Crippen LogP) is 0.664. The zero-order chi connectivity index (χ0) is 16.7. The van der Waals surface area contributed by atoms with Gasteiger partial charge in [0, 0.05) is 0 Å². The van der Waals surface area contributed by atoms with Crippen molar-refractivity contribution in [2.24, 2.45) is 23.7 Å². The Balaban J connectivity index is 0. The summed E-state index contributed by atoms with van der Waals surface area (Å²) in [7, 11) is 0. The molecule has 0 aromatic heterocycles. The van der Waals surface area contributed by atoms with Gasteiger partial charge in [-0.15, -0.1) is 37.5 Å². The summed E-state index contributed by atoms with van der Waals surface area (Å²) < 4.78 is 0. The maximum Gasteiger partial charge on any atom is 4.00 e. The number of hydrogen-bond donors (Lipinski definition) is 0. The molecular weight excluding hydrogens is 438 g/mol. The van der Waals surface area contributed by atoms with E-state index in [0.29, 0.717) is 0 Å². The van der Waals surface area contributed by atoms with Gasteiger partial charge in [-0.25, -0.2) is 36.1 Å². The Morgan fingerprint density at radius 1 is 0.923 bits per heavy atom. The van der Waals surface area contributed by atoms with Gasteiger partial charge in [0.25, 0.3) is 0 Å². The van der Waals surface area contributed by atoms with Gasteiger partial charge >= 0.3 is 26.2 Å². The predicted molar refractivity (Wildman–Crippen MR) is 103 cm³/mol. The maximum atomic E-state index is 3.00. The molecule has 0 amide bonds. The van der Waals surface area contributed by atoms with Crippen LogP contribution in [0.5, 0.6) is 0 Å². The topological polar surface area (TPSA) is 0 Å². The van der Waals surface area contributed by atoms with Gasteiger partial charge in [0.15, 0.2) is 0 Å². The molecule has 0 radical (unpaired) electrons. The van der Waals surface area contributed by atoms with E-state index in [9.17, 15) is 0 Å². The van der Waals surface area contributed by atoms with E-state index < -0.39 is 0 Å². The van der Waals surface area contributed by atoms with E-state index in [1.54, 1.807) is 11.1 Å². The summed E-state index contributed by atoms with van der Waals surface area (Å²) in [5.74, 6) is 3.41. The van der Waals surface area contributed by atoms with Crippen LogP contribution in [0.15, 0.2) is 60.8 Å². The van der Waals surface area contributed by atoms with Gasteiger partial charge in [0.05, 0.1) is 0 Å². The van der Waals surface area contributed by atoms with Crippen LogP contribution in [-0.2, 0) is 26.2 Å². The Morgan fingerprint density at radius 3 is 1.88 bits per heavy atom. The van der Waals surface area contributed by atoms with E-state index in [1.807, 2.05) is 0 Å². The summed E-state index contributed by atoms with van der Waals surface area (Å²) in [6.45, 7) is 10.6. The second-order valence-electron chi connectivity index (χ2n) is 7.01. The van der Waals surface area contributed by atoms with Gasteiger partial charge in [-0.1, -0.05) is 44.9 Å². The van der Waals surface area contributed by atoms with E-state index in [2.05, 4.69) is 76.3 Å². The molecule has 0 bridgehead atoms. The van der Waals surface area contributed by atoms with Crippen LogP contribution in [0.4, 0.5) is 0 Å². The monoisotopic (exact) mass is 468 g/mol. The average Bonchev–Trinajstić information content (AvgIpc) is 3.18. The Morgan fingerprint density at radius 2 is 1.42 bits per heavy atom. The van der Waals surface area contributed by atoms with Crippen LogP contribution >= 0.6 is 0 Å². The Kier molecular flexibility index (Phi) is 16.1. The maximum absolute atomic E-state index is 3.00. The third-order valence-electron chi connectivity index (χ3n) is 5.31. The summed E-state index contributed by atoms with van der Waals surface area (Å²) in [6, 6.07) is 0. The first kappa shape index (κ1) is 28.1. The van der Waals surface area contributed by atoms with Crippen molar-refractivity contribution in [2.45, 2.75) is 46.0 Å². The minimum Gasteiger partial charge on any atom is -1.00 e. The molecule has 0 spiro atoms. The third kappa shape index (κ3) is 7.87. The molecule has 0 heterocycles. The van der Waals surface area contributed by atoms with Crippen LogP contribution in [0, 0.1) is 36.5 Å². The number of rotatable bonds is 1. The summed E-state index contributed by atoms with van der Waals surface area (Å²) in [5.41, 5.74) is 3.18. The molecule has 4 aliphatic carbocycles. The van der Waals surface area contributed by atoms with Crippen molar-refractivity contribution in [1.82, 2.24) is 0 Å². The Bertz CT molecular complexity index is 504. The van der Waals surface area contributed by atoms with Crippen LogP contribution in [0.25, 0.3) is 0 Å². The molecule has 4 atom stereocenters. The second-order valence-corrected chi connectivity index (χ2v) is 7.01. The summed E-state index contributed by atoms with van der Waals surface area (Å²) in [4.78, 5) is 0. The van der Waals surface area contributed by atoms with Crippen molar-refractivity contribution < 1.29 is 51.0 Å². The minimum absolute atomic E-state index is 0. The molecule has 26 heavy (non-hydrogen) atoms. The van der Waals surface area contributed by atoms with E-state index in [4.69, 9.17) is 0 Å². The quantitative estimate of drug-likeness (QED) is 0.390. The van der Waals surface area contributed by atoms with Crippen molar-refractivity contribution in [1.29, 1.82) is 0 Å². The van der Waals surface area contributed by atoms with Gasteiger partial charge in [0.2, 0.25) is 0 Å². The van der Waals surface area contributed by atoms with Crippen molar-refractivity contribution in [3.63, 3.8) is 0 Å². The van der Waals surface area contributed by atoms with Crippen LogP contribution in [-0.4, -0.2) is 0 Å². The smallest absolute Gasteiger partial charge is 1.00 e. The molecule has 2 fully saturated rings. The fourth-order valence-electron chi connectivity index (χ4n) is 4.07. The van der Waals surface area contributed by atoms with Gasteiger partial charge in [-0.2, -0.15) is 0 Å². The molecule has 0 saturated heterocycles. The second kappa shape index (κ2) is 14.9. The first-order valence-corrected chi connectivity index (χ1v) is 9.19. The van der Waals surface area contributed by atoms with E-state index >= 15 is 0 Å². The number of hydrogen-bond acceptors (Lipinski definition) is 0. The normalized spacial score (nSPS) is 28.8. The van der Waals surface area contributed by atoms with Crippen molar-refractivity contribution >= 4 is 0 Å². The Labute approximate surface area is 193 Å². The zero-order valence-electron chi connectivity index (χ0n) is 16.1. The molecule has 4 aliphatic rings. The van der Waals surface area contributed by atoms with E-state index in [-0.39, 0.29) is 51.0 Å². The molecule has 4 rings (SSSR count). The molecule has 4 unspecified atom stereocenters. The van der Waals surface area contributed by atoms with Crippen LogP contribution in [0.1, 0.15) is 46.0 Å². The number of fused-ring (bicyclic) bond motifs is 2. The number of allylic oxidation sites excluding steroid dienone is 8. The van der Waals surface area contributed by atoms with E-state index in [0.717, 1.165) is 23.7 Å². The summed E-state index contributed by atoms with van der Waals surface area (Å²) in [5, 5.41) is 0. The van der Waals surface area contributed by atoms with Crippen LogP contribution in [0.2, 0.25) is 0 Å². The number of halogens is 2. The van der Waals surface area contributed by atoms with Gasteiger partial charge in [-0.3, -0.25) is 0 Å². The standard InChI is InChI=1S/C11H15.C10H13.C2H4.2ClH.Zr/c1-2-9-7-10-5-3-4-6-11(10)8-9;1-8-6-9-4-2-3-5-10(9)7-8;1-2;;;/h3-5,7,9,11H,2,6,8H2,1H3;2-4,6,8,10H,5,7H2,1H3;1-2H2;2*1H;/q2*-1;;;;+4/p-2. The molecule has 2 saturated carbocycles. The average molecular weight is 471 g/mol. The van der Waals surface area contributed by atoms with E-state index in [1.165, 1.54) is 32.1 Å². The van der Waals surface area contributed by atoms with Crippen LogP contribution < -0.4 is 24.8 Å². The molecule has 0 N–H and O–H groups in total. The summed E-state index contributed by atoms with van der Waals surface area (Å²) in [6.07, 6.45) is 25.0. The molecule has 0 nitrogen and oxygen atoms in total. The molecule has 3 heteroatoms. The van der Waals surface area contributed by atoms with Crippen molar-refractivity contribution in [3.05, 3.63) is 73.6 Å². The fraction of sp³-hybridized carbons (Fsp3) is 0.478. The molecule has 0 aromatic rings. The van der Waals surface area contributed by atoms with Gasteiger partial charge < -0.3 is 24.8 Å². The summed E-state index contributed by atoms with van der Waals surface area (Å²) >= 11 is 0. The minimum atomic E-state index is 0. The third-order valence-corrected chi connectivity index (χ3v) is 5.31. The Hall–Kier alpha value is -0.0969. The van der Waals surface area contributed by atoms with Gasteiger partial charge in [-0.05, 0) is 24.7 Å². The largest absolute Gasteiger partial charge is 4.00 e. The molecular formula is C23H32Cl2Zr. The molecule has 142 valence electrons. The molecule has 0 aromatic carbocycles. The fourth-order valence-corrected chi connectivity index (χ4v) is 4.07. The zero-order valence-corrected chi connectivity index (χ0v) is 20.1. The SMILES string of the molecule is C=C.CC1[CH-]C2=CC=CCC2C1.CCC1[CH-]C2=CC=CCC2C1.[Cl-].[Cl-].[Zr+4]. The van der Waals surface area contributed by atoms with Crippen molar-refractivity contribution in [3.8, 4) is 0 Å². The van der Waals surface area contributed by atoms with Crippen LogP contribution in [0.3, 0.4) is 0 Å². The molecule has 0 aliphatic heterocycles.